The van der Waals surface area contributed by atoms with Gasteiger partial charge in [-0.1, -0.05) is 33.3 Å². The molecule has 1 aromatic carbocycles. The largest absolute Gasteiger partial charge is 0.312 e. The zero-order valence-electron chi connectivity index (χ0n) is 9.52. The van der Waals surface area contributed by atoms with E-state index in [1.54, 1.807) is 0 Å². The number of rotatable bonds is 2. The third-order valence-corrected chi connectivity index (χ3v) is 3.70. The lowest BCUT2D eigenvalue weighted by Gasteiger charge is -2.26. The first kappa shape index (κ1) is 10.9. The smallest absolute Gasteiger partial charge is 0.114 e. The molecule has 0 aliphatic carbocycles. The van der Waals surface area contributed by atoms with Crippen LogP contribution in [0.3, 0.4) is 0 Å². The van der Waals surface area contributed by atoms with Gasteiger partial charge in [0.1, 0.15) is 5.69 Å². The fourth-order valence-corrected chi connectivity index (χ4v) is 2.56. The number of aromatic nitrogens is 3. The quantitative estimate of drug-likeness (QED) is 0.922. The van der Waals surface area contributed by atoms with Gasteiger partial charge in [0, 0.05) is 23.1 Å². The molecule has 1 N–H and O–H groups in total. The van der Waals surface area contributed by atoms with Crippen molar-refractivity contribution in [2.24, 2.45) is 0 Å². The Morgan fingerprint density at radius 3 is 2.88 bits per heavy atom. The third-order valence-electron chi connectivity index (χ3n) is 3.04. The molecule has 0 saturated carbocycles. The minimum Gasteiger partial charge on any atom is -0.312 e. The van der Waals surface area contributed by atoms with E-state index in [0.717, 1.165) is 28.8 Å². The van der Waals surface area contributed by atoms with Crippen molar-refractivity contribution in [3.05, 3.63) is 34.4 Å². The molecule has 5 heteroatoms. The van der Waals surface area contributed by atoms with E-state index in [1.165, 1.54) is 5.56 Å². The minimum atomic E-state index is 0.459. The van der Waals surface area contributed by atoms with Crippen LogP contribution >= 0.6 is 15.9 Å². The highest BCUT2D eigenvalue weighted by molar-refractivity contribution is 9.10. The summed E-state index contributed by atoms with van der Waals surface area (Å²) >= 11 is 3.57. The summed E-state index contributed by atoms with van der Waals surface area (Å²) in [5, 5.41) is 11.6. The lowest BCUT2D eigenvalue weighted by atomic mass is 10.1. The highest BCUT2D eigenvalue weighted by atomic mass is 79.9. The summed E-state index contributed by atoms with van der Waals surface area (Å²) in [5.74, 6) is 0. The molecule has 0 amide bonds. The SMILES string of the molecule is Cc1ccc(-c2cn(C3CNC3)nn2)c(Br)c1. The van der Waals surface area contributed by atoms with Crippen LogP contribution in [-0.2, 0) is 0 Å². The van der Waals surface area contributed by atoms with Crippen LogP contribution in [0.2, 0.25) is 0 Å². The van der Waals surface area contributed by atoms with E-state index in [4.69, 9.17) is 0 Å². The van der Waals surface area contributed by atoms with E-state index in [-0.39, 0.29) is 0 Å². The average Bonchev–Trinajstić information content (AvgIpc) is 2.64. The van der Waals surface area contributed by atoms with Crippen molar-refractivity contribution >= 4 is 15.9 Å². The number of nitrogens with one attached hydrogen (secondary N) is 1. The average molecular weight is 293 g/mol. The molecule has 1 aliphatic rings. The Bertz CT molecular complexity index is 545. The molecule has 1 saturated heterocycles. The van der Waals surface area contributed by atoms with Crippen molar-refractivity contribution in [1.82, 2.24) is 20.3 Å². The fourth-order valence-electron chi connectivity index (χ4n) is 1.87. The highest BCUT2D eigenvalue weighted by Gasteiger charge is 2.20. The van der Waals surface area contributed by atoms with Crippen LogP contribution in [0.1, 0.15) is 11.6 Å². The summed E-state index contributed by atoms with van der Waals surface area (Å²) in [6.07, 6.45) is 2.01. The van der Waals surface area contributed by atoms with Crippen LogP contribution in [0, 0.1) is 6.92 Å². The van der Waals surface area contributed by atoms with Gasteiger partial charge < -0.3 is 5.32 Å². The van der Waals surface area contributed by atoms with Gasteiger partial charge in [-0.15, -0.1) is 5.10 Å². The normalized spacial score (nSPS) is 15.9. The Balaban J connectivity index is 1.94. The summed E-state index contributed by atoms with van der Waals surface area (Å²) in [5.41, 5.74) is 3.24. The van der Waals surface area contributed by atoms with Crippen molar-refractivity contribution < 1.29 is 0 Å². The molecule has 1 aliphatic heterocycles. The van der Waals surface area contributed by atoms with Gasteiger partial charge in [0.2, 0.25) is 0 Å². The van der Waals surface area contributed by atoms with Crippen LogP contribution in [0.25, 0.3) is 11.3 Å². The topological polar surface area (TPSA) is 42.7 Å². The Morgan fingerprint density at radius 1 is 1.41 bits per heavy atom. The third kappa shape index (κ3) is 2.00. The van der Waals surface area contributed by atoms with Crippen molar-refractivity contribution in [1.29, 1.82) is 0 Å². The van der Waals surface area contributed by atoms with Crippen LogP contribution < -0.4 is 5.32 Å². The number of hydrogen-bond donors (Lipinski definition) is 1. The first-order chi connectivity index (χ1) is 8.24. The molecular formula is C12H13BrN4. The molecule has 0 radical (unpaired) electrons. The van der Waals surface area contributed by atoms with Gasteiger partial charge in [-0.25, -0.2) is 4.68 Å². The van der Waals surface area contributed by atoms with E-state index in [9.17, 15) is 0 Å². The Morgan fingerprint density at radius 2 is 2.24 bits per heavy atom. The maximum Gasteiger partial charge on any atom is 0.114 e. The van der Waals surface area contributed by atoms with Gasteiger partial charge in [-0.2, -0.15) is 0 Å². The summed E-state index contributed by atoms with van der Waals surface area (Å²) in [6.45, 7) is 4.04. The molecule has 4 nitrogen and oxygen atoms in total. The van der Waals surface area contributed by atoms with Crippen LogP contribution in [0.5, 0.6) is 0 Å². The predicted octanol–water partition coefficient (Wildman–Crippen LogP) is 2.16. The number of benzene rings is 1. The molecule has 1 fully saturated rings. The maximum absolute atomic E-state index is 4.24. The standard InChI is InChI=1S/C12H13BrN4/c1-8-2-3-10(11(13)4-8)12-7-17(16-15-12)9-5-14-6-9/h2-4,7,9,14H,5-6H2,1H3. The van der Waals surface area contributed by atoms with Crippen molar-refractivity contribution in [3.63, 3.8) is 0 Å². The second-order valence-corrected chi connectivity index (χ2v) is 5.23. The van der Waals surface area contributed by atoms with Gasteiger partial charge in [0.25, 0.3) is 0 Å². The maximum atomic E-state index is 4.24. The Labute approximate surface area is 108 Å². The summed E-state index contributed by atoms with van der Waals surface area (Å²) < 4.78 is 3.01. The van der Waals surface area contributed by atoms with E-state index in [0.29, 0.717) is 6.04 Å². The van der Waals surface area contributed by atoms with Gasteiger partial charge in [-0.05, 0) is 18.6 Å². The first-order valence-corrected chi connectivity index (χ1v) is 6.42. The zero-order chi connectivity index (χ0) is 11.8. The molecule has 0 spiro atoms. The molecule has 0 atom stereocenters. The van der Waals surface area contributed by atoms with Crippen LogP contribution in [0.4, 0.5) is 0 Å². The van der Waals surface area contributed by atoms with Crippen molar-refractivity contribution in [2.45, 2.75) is 13.0 Å². The van der Waals surface area contributed by atoms with E-state index >= 15 is 0 Å². The van der Waals surface area contributed by atoms with Crippen LogP contribution in [0.15, 0.2) is 28.9 Å². The predicted molar refractivity (Wildman–Crippen MR) is 69.8 cm³/mol. The van der Waals surface area contributed by atoms with E-state index in [1.807, 2.05) is 10.9 Å². The van der Waals surface area contributed by atoms with Gasteiger partial charge in [-0.3, -0.25) is 0 Å². The lowest BCUT2D eigenvalue weighted by Crippen LogP contribution is -2.43. The summed E-state index contributed by atoms with van der Waals surface area (Å²) in [4.78, 5) is 0. The van der Waals surface area contributed by atoms with E-state index < -0.39 is 0 Å². The molecule has 1 aromatic heterocycles. The number of nitrogens with zero attached hydrogens (tertiary/aromatic N) is 3. The van der Waals surface area contributed by atoms with Gasteiger partial charge >= 0.3 is 0 Å². The van der Waals surface area contributed by atoms with Crippen molar-refractivity contribution in [2.75, 3.05) is 13.1 Å². The molecule has 2 aromatic rings. The number of hydrogen-bond acceptors (Lipinski definition) is 3. The van der Waals surface area contributed by atoms with Gasteiger partial charge in [0.05, 0.1) is 12.2 Å². The Kier molecular flexibility index (Phi) is 2.72. The second-order valence-electron chi connectivity index (χ2n) is 4.38. The van der Waals surface area contributed by atoms with Crippen molar-refractivity contribution in [3.8, 4) is 11.3 Å². The zero-order valence-corrected chi connectivity index (χ0v) is 11.1. The first-order valence-electron chi connectivity index (χ1n) is 5.63. The fraction of sp³-hybridized carbons (Fsp3) is 0.333. The summed E-state index contributed by atoms with van der Waals surface area (Å²) in [7, 11) is 0. The molecule has 0 unspecified atom stereocenters. The highest BCUT2D eigenvalue weighted by Crippen LogP contribution is 2.28. The lowest BCUT2D eigenvalue weighted by molar-refractivity contribution is 0.313. The number of halogens is 1. The molecular weight excluding hydrogens is 280 g/mol. The molecule has 3 rings (SSSR count). The molecule has 17 heavy (non-hydrogen) atoms. The Hall–Kier alpha value is -1.20. The second kappa shape index (κ2) is 4.23. The van der Waals surface area contributed by atoms with Gasteiger partial charge in [0.15, 0.2) is 0 Å². The minimum absolute atomic E-state index is 0.459. The molecule has 2 heterocycles. The molecule has 88 valence electrons. The molecule has 0 bridgehead atoms. The number of aryl methyl sites for hydroxylation is 1. The van der Waals surface area contributed by atoms with E-state index in [2.05, 4.69) is 56.7 Å². The summed E-state index contributed by atoms with van der Waals surface area (Å²) in [6, 6.07) is 6.72. The monoisotopic (exact) mass is 292 g/mol. The van der Waals surface area contributed by atoms with Crippen LogP contribution in [-0.4, -0.2) is 28.1 Å².